The van der Waals surface area contributed by atoms with Crippen molar-refractivity contribution in [1.29, 1.82) is 0 Å². The van der Waals surface area contributed by atoms with Crippen LogP contribution >= 0.6 is 0 Å². The van der Waals surface area contributed by atoms with E-state index in [1.165, 1.54) is 11.8 Å². The molecule has 0 saturated carbocycles. The van der Waals surface area contributed by atoms with Crippen LogP contribution in [0.5, 0.6) is 0 Å². The fourth-order valence-electron chi connectivity index (χ4n) is 1.35. The first kappa shape index (κ1) is 9.78. The highest BCUT2D eigenvalue weighted by Gasteiger charge is 2.15. The monoisotopic (exact) mass is 177 g/mol. The topological polar surface area (TPSA) is 32.6 Å². The van der Waals surface area contributed by atoms with Crippen LogP contribution in [0.3, 0.4) is 0 Å². The maximum Gasteiger partial charge on any atom is 0.0736 e. The third-order valence-corrected chi connectivity index (χ3v) is 1.97. The Balaban J connectivity index is 3.20. The van der Waals surface area contributed by atoms with Crippen molar-refractivity contribution in [3.63, 3.8) is 0 Å². The van der Waals surface area contributed by atoms with Crippen LogP contribution in [-0.4, -0.2) is 11.4 Å². The Labute approximate surface area is 78.9 Å². The SMILES string of the molecule is CC(C)(C)c1ccccc1/C=N/O. The van der Waals surface area contributed by atoms with Crippen LogP contribution in [-0.2, 0) is 5.41 Å². The van der Waals surface area contributed by atoms with Crippen LogP contribution in [0.2, 0.25) is 0 Å². The summed E-state index contributed by atoms with van der Waals surface area (Å²) in [5.41, 5.74) is 2.24. The maximum absolute atomic E-state index is 8.48. The van der Waals surface area contributed by atoms with Gasteiger partial charge in [0.05, 0.1) is 6.21 Å². The summed E-state index contributed by atoms with van der Waals surface area (Å²) in [6.07, 6.45) is 1.47. The second-order valence-electron chi connectivity index (χ2n) is 4.08. The smallest absolute Gasteiger partial charge is 0.0736 e. The molecule has 0 spiro atoms. The molecular formula is C11H15NO. The van der Waals surface area contributed by atoms with Crippen molar-refractivity contribution in [3.05, 3.63) is 35.4 Å². The van der Waals surface area contributed by atoms with E-state index in [1.807, 2.05) is 18.2 Å². The summed E-state index contributed by atoms with van der Waals surface area (Å²) >= 11 is 0. The summed E-state index contributed by atoms with van der Waals surface area (Å²) in [4.78, 5) is 0. The highest BCUT2D eigenvalue weighted by atomic mass is 16.4. The molecule has 0 aliphatic carbocycles. The van der Waals surface area contributed by atoms with E-state index in [9.17, 15) is 0 Å². The Morgan fingerprint density at radius 2 is 1.85 bits per heavy atom. The molecule has 0 atom stereocenters. The highest BCUT2D eigenvalue weighted by Crippen LogP contribution is 2.24. The van der Waals surface area contributed by atoms with Gasteiger partial charge < -0.3 is 5.21 Å². The van der Waals surface area contributed by atoms with Gasteiger partial charge in [0.15, 0.2) is 0 Å². The molecule has 0 fully saturated rings. The Morgan fingerprint density at radius 3 is 2.38 bits per heavy atom. The van der Waals surface area contributed by atoms with Gasteiger partial charge in [0.1, 0.15) is 0 Å². The summed E-state index contributed by atoms with van der Waals surface area (Å²) in [5.74, 6) is 0. The first-order valence-corrected chi connectivity index (χ1v) is 4.32. The van der Waals surface area contributed by atoms with Gasteiger partial charge in [-0.2, -0.15) is 0 Å². The maximum atomic E-state index is 8.48. The Bertz CT molecular complexity index is 310. The van der Waals surface area contributed by atoms with Crippen molar-refractivity contribution in [1.82, 2.24) is 0 Å². The largest absolute Gasteiger partial charge is 0.411 e. The van der Waals surface area contributed by atoms with E-state index in [4.69, 9.17) is 5.21 Å². The zero-order chi connectivity index (χ0) is 9.90. The van der Waals surface area contributed by atoms with E-state index in [2.05, 4.69) is 32.0 Å². The lowest BCUT2D eigenvalue weighted by Crippen LogP contribution is -2.13. The summed E-state index contributed by atoms with van der Waals surface area (Å²) in [6.45, 7) is 6.41. The van der Waals surface area contributed by atoms with Crippen LogP contribution in [0.25, 0.3) is 0 Å². The van der Waals surface area contributed by atoms with E-state index >= 15 is 0 Å². The normalized spacial score (nSPS) is 12.2. The van der Waals surface area contributed by atoms with Crippen molar-refractivity contribution < 1.29 is 5.21 Å². The second kappa shape index (κ2) is 3.60. The third-order valence-electron chi connectivity index (χ3n) is 1.97. The lowest BCUT2D eigenvalue weighted by atomic mass is 9.84. The second-order valence-corrected chi connectivity index (χ2v) is 4.08. The fraction of sp³-hybridized carbons (Fsp3) is 0.364. The van der Waals surface area contributed by atoms with Gasteiger partial charge in [0, 0.05) is 0 Å². The first-order chi connectivity index (χ1) is 6.05. The number of hydrogen-bond acceptors (Lipinski definition) is 2. The molecule has 0 aromatic heterocycles. The molecule has 1 N–H and O–H groups in total. The minimum absolute atomic E-state index is 0.0811. The Kier molecular flexibility index (Phi) is 2.71. The van der Waals surface area contributed by atoms with E-state index in [-0.39, 0.29) is 5.41 Å². The molecule has 0 heterocycles. The van der Waals surface area contributed by atoms with Crippen molar-refractivity contribution in [2.24, 2.45) is 5.16 Å². The lowest BCUT2D eigenvalue weighted by molar-refractivity contribution is 0.321. The standard InChI is InChI=1S/C11H15NO/c1-11(2,3)10-7-5-4-6-9(10)8-12-13/h4-8,13H,1-3H3/b12-8+. The van der Waals surface area contributed by atoms with E-state index in [0.29, 0.717) is 0 Å². The van der Waals surface area contributed by atoms with Gasteiger partial charge >= 0.3 is 0 Å². The van der Waals surface area contributed by atoms with Crippen LogP contribution in [0.15, 0.2) is 29.4 Å². The van der Waals surface area contributed by atoms with Gasteiger partial charge in [-0.15, -0.1) is 0 Å². The highest BCUT2D eigenvalue weighted by molar-refractivity contribution is 5.81. The molecule has 0 saturated heterocycles. The summed E-state index contributed by atoms with van der Waals surface area (Å²) in [5, 5.41) is 11.5. The minimum Gasteiger partial charge on any atom is -0.411 e. The predicted molar refractivity (Wildman–Crippen MR) is 54.5 cm³/mol. The van der Waals surface area contributed by atoms with E-state index in [1.54, 1.807) is 0 Å². The molecule has 13 heavy (non-hydrogen) atoms. The van der Waals surface area contributed by atoms with Gasteiger partial charge in [0.25, 0.3) is 0 Å². The average Bonchev–Trinajstić information content (AvgIpc) is 2.04. The first-order valence-electron chi connectivity index (χ1n) is 4.32. The molecule has 0 radical (unpaired) electrons. The molecular weight excluding hydrogens is 162 g/mol. The predicted octanol–water partition coefficient (Wildman–Crippen LogP) is 2.79. The molecule has 0 aliphatic heterocycles. The van der Waals surface area contributed by atoms with Crippen LogP contribution < -0.4 is 0 Å². The molecule has 0 unspecified atom stereocenters. The number of benzene rings is 1. The van der Waals surface area contributed by atoms with Crippen molar-refractivity contribution in [2.75, 3.05) is 0 Å². The fourth-order valence-corrected chi connectivity index (χ4v) is 1.35. The molecule has 1 aromatic rings. The summed E-state index contributed by atoms with van der Waals surface area (Å²) in [7, 11) is 0. The Morgan fingerprint density at radius 1 is 1.23 bits per heavy atom. The Hall–Kier alpha value is -1.31. The molecule has 70 valence electrons. The third kappa shape index (κ3) is 2.31. The zero-order valence-corrected chi connectivity index (χ0v) is 8.28. The molecule has 1 rings (SSSR count). The van der Waals surface area contributed by atoms with Crippen LogP contribution in [0.4, 0.5) is 0 Å². The number of hydrogen-bond donors (Lipinski definition) is 1. The summed E-state index contributed by atoms with van der Waals surface area (Å²) < 4.78 is 0. The molecule has 1 aromatic carbocycles. The number of oxime groups is 1. The van der Waals surface area contributed by atoms with Crippen molar-refractivity contribution in [2.45, 2.75) is 26.2 Å². The molecule has 0 amide bonds. The van der Waals surface area contributed by atoms with Gasteiger partial charge in [0.2, 0.25) is 0 Å². The quantitative estimate of drug-likeness (QED) is 0.399. The van der Waals surface area contributed by atoms with Gasteiger partial charge in [-0.05, 0) is 16.5 Å². The number of nitrogens with zero attached hydrogens (tertiary/aromatic N) is 1. The molecule has 0 bridgehead atoms. The minimum atomic E-state index is 0.0811. The van der Waals surface area contributed by atoms with Gasteiger partial charge in [-0.25, -0.2) is 0 Å². The van der Waals surface area contributed by atoms with E-state index in [0.717, 1.165) is 5.56 Å². The molecule has 2 nitrogen and oxygen atoms in total. The zero-order valence-electron chi connectivity index (χ0n) is 8.28. The van der Waals surface area contributed by atoms with Crippen LogP contribution in [0, 0.1) is 0 Å². The summed E-state index contributed by atoms with van der Waals surface area (Å²) in [6, 6.07) is 7.93. The molecule has 0 aliphatic rings. The van der Waals surface area contributed by atoms with Gasteiger partial charge in [-0.1, -0.05) is 50.2 Å². The van der Waals surface area contributed by atoms with Crippen LogP contribution in [0.1, 0.15) is 31.9 Å². The molecule has 2 heteroatoms. The van der Waals surface area contributed by atoms with E-state index < -0.39 is 0 Å². The van der Waals surface area contributed by atoms with Crippen molar-refractivity contribution in [3.8, 4) is 0 Å². The lowest BCUT2D eigenvalue weighted by Gasteiger charge is -2.20. The van der Waals surface area contributed by atoms with Gasteiger partial charge in [-0.3, -0.25) is 0 Å². The average molecular weight is 177 g/mol. The number of rotatable bonds is 1. The van der Waals surface area contributed by atoms with Crippen molar-refractivity contribution >= 4 is 6.21 Å².